The van der Waals surface area contributed by atoms with E-state index in [4.69, 9.17) is 9.02 Å². The van der Waals surface area contributed by atoms with Gasteiger partial charge in [-0.1, -0.05) is 32.9 Å². The number of ketones is 2. The Bertz CT molecular complexity index is 1440. The summed E-state index contributed by atoms with van der Waals surface area (Å²) in [7, 11) is -4.50. The normalized spacial score (nSPS) is 24.6. The first kappa shape index (κ1) is 24.6. The summed E-state index contributed by atoms with van der Waals surface area (Å²) in [6.07, 6.45) is 1.78. The van der Waals surface area contributed by atoms with Crippen molar-refractivity contribution in [2.45, 2.75) is 46.5 Å². The number of imide groups is 1. The van der Waals surface area contributed by atoms with Gasteiger partial charge in [0.15, 0.2) is 5.78 Å². The highest BCUT2D eigenvalue weighted by atomic mass is 32.2. The maximum Gasteiger partial charge on any atom is 0.289 e. The van der Waals surface area contributed by atoms with Crippen LogP contribution in [0.25, 0.3) is 10.8 Å². The van der Waals surface area contributed by atoms with E-state index in [0.717, 1.165) is 6.42 Å². The van der Waals surface area contributed by atoms with Crippen molar-refractivity contribution in [2.24, 2.45) is 16.7 Å². The Morgan fingerprint density at radius 3 is 2.47 bits per heavy atom. The molecule has 2 saturated carbocycles. The summed E-state index contributed by atoms with van der Waals surface area (Å²) >= 11 is 0. The van der Waals surface area contributed by atoms with Crippen LogP contribution in [-0.2, 0) is 24.0 Å². The second kappa shape index (κ2) is 8.21. The SMILES string of the molecule is CCC(=O)COc1cc2c3c(cccc3c1)C(=O)N(OS(=O)(=O)CC13CCC(CC1=O)C3(C)C)C2=O. The molecule has 190 valence electrons. The van der Waals surface area contributed by atoms with E-state index in [0.29, 0.717) is 30.0 Å². The minimum atomic E-state index is -4.50. The lowest BCUT2D eigenvalue weighted by Crippen LogP contribution is -2.46. The molecule has 10 heteroatoms. The van der Waals surface area contributed by atoms with Crippen LogP contribution < -0.4 is 4.74 Å². The molecule has 2 aliphatic carbocycles. The Balaban J connectivity index is 1.48. The molecule has 2 aromatic carbocycles. The molecule has 2 unspecified atom stereocenters. The fraction of sp³-hybridized carbons (Fsp3) is 0.462. The van der Waals surface area contributed by atoms with Gasteiger partial charge in [-0.15, -0.1) is 9.35 Å². The van der Waals surface area contributed by atoms with Crippen LogP contribution in [0.15, 0.2) is 30.3 Å². The Labute approximate surface area is 208 Å². The molecule has 2 atom stereocenters. The second-order valence-electron chi connectivity index (χ2n) is 10.4. The highest BCUT2D eigenvalue weighted by Gasteiger charge is 2.65. The van der Waals surface area contributed by atoms with Gasteiger partial charge in [-0.05, 0) is 47.8 Å². The minimum absolute atomic E-state index is 0.0215. The van der Waals surface area contributed by atoms with Gasteiger partial charge in [0.2, 0.25) is 0 Å². The first-order valence-corrected chi connectivity index (χ1v) is 13.5. The zero-order valence-electron chi connectivity index (χ0n) is 20.3. The number of hydrogen-bond donors (Lipinski definition) is 0. The van der Waals surface area contributed by atoms with Crippen molar-refractivity contribution in [3.05, 3.63) is 41.5 Å². The molecule has 9 nitrogen and oxygen atoms in total. The number of hydroxylamine groups is 2. The summed E-state index contributed by atoms with van der Waals surface area (Å²) in [6, 6.07) is 7.75. The van der Waals surface area contributed by atoms with Gasteiger partial charge in [0.25, 0.3) is 21.9 Å². The van der Waals surface area contributed by atoms with Gasteiger partial charge in [0, 0.05) is 18.2 Å². The molecule has 2 bridgehead atoms. The van der Waals surface area contributed by atoms with E-state index < -0.39 is 38.5 Å². The molecule has 0 aromatic heterocycles. The van der Waals surface area contributed by atoms with Gasteiger partial charge < -0.3 is 4.74 Å². The van der Waals surface area contributed by atoms with Crippen molar-refractivity contribution >= 4 is 44.3 Å². The van der Waals surface area contributed by atoms with Gasteiger partial charge in [-0.25, -0.2) is 0 Å². The van der Waals surface area contributed by atoms with Crippen LogP contribution in [-0.4, -0.2) is 49.2 Å². The molecule has 0 N–H and O–H groups in total. The molecule has 2 aromatic rings. The standard InChI is InChI=1S/C26H27NO8S/c1-4-17(28)13-34-18-10-15-6-5-7-19-22(15)20(12-18)24(31)27(23(19)30)35-36(32,33)14-26-9-8-16(11-21(26)29)25(26,2)3/h5-7,10,12,16H,4,8-9,11,13-14H2,1-3H3. The summed E-state index contributed by atoms with van der Waals surface area (Å²) in [5, 5.41) is 1.13. The zero-order chi connectivity index (χ0) is 26.0. The summed E-state index contributed by atoms with van der Waals surface area (Å²) < 4.78 is 37.1. The number of benzene rings is 2. The largest absolute Gasteiger partial charge is 0.486 e. The number of Topliss-reactive ketones (excluding diaryl/α,β-unsaturated/α-hetero) is 2. The number of rotatable bonds is 8. The van der Waals surface area contributed by atoms with Crippen LogP contribution in [0, 0.1) is 16.7 Å². The number of fused-ring (bicyclic) bond motifs is 2. The molecule has 1 aliphatic heterocycles. The van der Waals surface area contributed by atoms with Crippen molar-refractivity contribution in [3.63, 3.8) is 0 Å². The van der Waals surface area contributed by atoms with E-state index in [1.165, 1.54) is 12.1 Å². The Hall–Kier alpha value is -3.11. The highest BCUT2D eigenvalue weighted by molar-refractivity contribution is 7.86. The van der Waals surface area contributed by atoms with Crippen LogP contribution in [0.3, 0.4) is 0 Å². The molecule has 2 fully saturated rings. The van der Waals surface area contributed by atoms with E-state index in [2.05, 4.69) is 0 Å². The van der Waals surface area contributed by atoms with E-state index in [1.54, 1.807) is 25.1 Å². The Kier molecular flexibility index (Phi) is 5.60. The molecule has 2 amide bonds. The molecular formula is C26H27NO8S. The van der Waals surface area contributed by atoms with E-state index >= 15 is 0 Å². The number of hydrogen-bond acceptors (Lipinski definition) is 8. The molecule has 5 rings (SSSR count). The van der Waals surface area contributed by atoms with Crippen molar-refractivity contribution in [2.75, 3.05) is 12.4 Å². The topological polar surface area (TPSA) is 124 Å². The van der Waals surface area contributed by atoms with Gasteiger partial charge in [0.1, 0.15) is 18.1 Å². The molecule has 0 saturated heterocycles. The van der Waals surface area contributed by atoms with Crippen molar-refractivity contribution in [1.82, 2.24) is 5.06 Å². The highest BCUT2D eigenvalue weighted by Crippen LogP contribution is 2.64. The lowest BCUT2D eigenvalue weighted by atomic mass is 9.70. The quantitative estimate of drug-likeness (QED) is 0.492. The monoisotopic (exact) mass is 513 g/mol. The second-order valence-corrected chi connectivity index (χ2v) is 12.0. The number of nitrogens with zero attached hydrogens (tertiary/aromatic N) is 1. The van der Waals surface area contributed by atoms with Crippen molar-refractivity contribution in [1.29, 1.82) is 0 Å². The lowest BCUT2D eigenvalue weighted by molar-refractivity contribution is -0.128. The first-order chi connectivity index (χ1) is 16.9. The predicted molar refractivity (Wildman–Crippen MR) is 129 cm³/mol. The van der Waals surface area contributed by atoms with E-state index in [-0.39, 0.29) is 46.0 Å². The maximum atomic E-state index is 13.4. The molecule has 36 heavy (non-hydrogen) atoms. The fourth-order valence-corrected chi connectivity index (χ4v) is 7.72. The van der Waals surface area contributed by atoms with Crippen LogP contribution >= 0.6 is 0 Å². The third-order valence-corrected chi connectivity index (χ3v) is 9.55. The summed E-state index contributed by atoms with van der Waals surface area (Å²) in [5.41, 5.74) is -1.52. The zero-order valence-corrected chi connectivity index (χ0v) is 21.1. The van der Waals surface area contributed by atoms with Gasteiger partial charge in [-0.3, -0.25) is 19.2 Å². The number of carbonyl (C=O) groups excluding carboxylic acids is 4. The molecule has 0 radical (unpaired) electrons. The fourth-order valence-electron chi connectivity index (χ4n) is 6.03. The summed E-state index contributed by atoms with van der Waals surface area (Å²) in [4.78, 5) is 51.1. The lowest BCUT2D eigenvalue weighted by Gasteiger charge is -2.36. The Morgan fingerprint density at radius 1 is 1.11 bits per heavy atom. The summed E-state index contributed by atoms with van der Waals surface area (Å²) in [5.74, 6) is -2.39. The maximum absolute atomic E-state index is 13.4. The van der Waals surface area contributed by atoms with Crippen molar-refractivity contribution < 1.29 is 36.6 Å². The third-order valence-electron chi connectivity index (χ3n) is 8.32. The van der Waals surface area contributed by atoms with Gasteiger partial charge in [0.05, 0.1) is 22.3 Å². The number of amides is 2. The third kappa shape index (κ3) is 3.57. The van der Waals surface area contributed by atoms with E-state index in [9.17, 15) is 27.6 Å². The van der Waals surface area contributed by atoms with Gasteiger partial charge in [-0.2, -0.15) is 8.42 Å². The molecule has 0 spiro atoms. The number of carbonyl (C=O) groups is 4. The Morgan fingerprint density at radius 2 is 1.83 bits per heavy atom. The smallest absolute Gasteiger partial charge is 0.289 e. The average molecular weight is 514 g/mol. The first-order valence-electron chi connectivity index (χ1n) is 12.0. The van der Waals surface area contributed by atoms with E-state index in [1.807, 2.05) is 13.8 Å². The van der Waals surface area contributed by atoms with Gasteiger partial charge >= 0.3 is 0 Å². The van der Waals surface area contributed by atoms with Crippen LogP contribution in [0.5, 0.6) is 5.75 Å². The predicted octanol–water partition coefficient (Wildman–Crippen LogP) is 3.45. The minimum Gasteiger partial charge on any atom is -0.486 e. The van der Waals surface area contributed by atoms with Crippen molar-refractivity contribution in [3.8, 4) is 5.75 Å². The molecule has 1 heterocycles. The number of ether oxygens (including phenoxy) is 1. The average Bonchev–Trinajstić information content (AvgIpc) is 3.17. The van der Waals surface area contributed by atoms with Crippen LogP contribution in [0.2, 0.25) is 0 Å². The summed E-state index contributed by atoms with van der Waals surface area (Å²) in [6.45, 7) is 5.31. The van der Waals surface area contributed by atoms with Crippen LogP contribution in [0.4, 0.5) is 0 Å². The van der Waals surface area contributed by atoms with Crippen LogP contribution in [0.1, 0.15) is 67.2 Å². The molecule has 3 aliphatic rings. The molecular weight excluding hydrogens is 486 g/mol.